The van der Waals surface area contributed by atoms with Gasteiger partial charge in [0.05, 0.1) is 0 Å². The van der Waals surface area contributed by atoms with Crippen LogP contribution in [0, 0.1) is 6.92 Å². The van der Waals surface area contributed by atoms with Gasteiger partial charge in [-0.2, -0.15) is 0 Å². The number of hydrogen-bond donors (Lipinski definition) is 1. The minimum absolute atomic E-state index is 0.145. The van der Waals surface area contributed by atoms with Crippen LogP contribution in [-0.4, -0.2) is 11.1 Å². The van der Waals surface area contributed by atoms with Gasteiger partial charge < -0.3 is 9.84 Å². The van der Waals surface area contributed by atoms with E-state index in [9.17, 15) is 4.79 Å². The summed E-state index contributed by atoms with van der Waals surface area (Å²) in [5, 5.41) is 8.73. The molecule has 1 N–H and O–H groups in total. The van der Waals surface area contributed by atoms with E-state index in [1.807, 2.05) is 30.3 Å². The van der Waals surface area contributed by atoms with Crippen molar-refractivity contribution in [3.63, 3.8) is 0 Å². The molecule has 0 aliphatic heterocycles. The third-order valence-electron chi connectivity index (χ3n) is 4.23. The van der Waals surface area contributed by atoms with Crippen LogP contribution in [0.2, 0.25) is 0 Å². The first-order valence-electron chi connectivity index (χ1n) is 8.70. The molecule has 3 rings (SSSR count). The minimum atomic E-state index is -0.779. The van der Waals surface area contributed by atoms with Crippen LogP contribution in [-0.2, 0) is 17.8 Å². The Balaban J connectivity index is 1.63. The second-order valence-electron chi connectivity index (χ2n) is 6.40. The minimum Gasteiger partial charge on any atom is -0.489 e. The van der Waals surface area contributed by atoms with E-state index in [-0.39, 0.29) is 6.42 Å². The first kappa shape index (κ1) is 17.7. The Kier molecular flexibility index (Phi) is 5.69. The molecular weight excluding hydrogens is 324 g/mol. The molecule has 0 spiro atoms. The number of carboxylic acid groups (broad SMARTS) is 1. The number of benzene rings is 3. The van der Waals surface area contributed by atoms with Gasteiger partial charge in [0, 0.05) is 6.42 Å². The molecule has 0 fully saturated rings. The monoisotopic (exact) mass is 346 g/mol. The molecule has 0 aromatic heterocycles. The van der Waals surface area contributed by atoms with Crippen LogP contribution in [0.5, 0.6) is 5.75 Å². The molecule has 0 amide bonds. The van der Waals surface area contributed by atoms with E-state index in [1.54, 1.807) is 0 Å². The lowest BCUT2D eigenvalue weighted by molar-refractivity contribution is -0.136. The molecule has 26 heavy (non-hydrogen) atoms. The van der Waals surface area contributed by atoms with Crippen LogP contribution in [0.3, 0.4) is 0 Å². The molecule has 3 aromatic carbocycles. The van der Waals surface area contributed by atoms with Gasteiger partial charge in [-0.25, -0.2) is 0 Å². The highest BCUT2D eigenvalue weighted by molar-refractivity contribution is 5.67. The van der Waals surface area contributed by atoms with Gasteiger partial charge in [0.15, 0.2) is 0 Å². The molecule has 0 heterocycles. The average Bonchev–Trinajstić information content (AvgIpc) is 2.66. The summed E-state index contributed by atoms with van der Waals surface area (Å²) in [6.45, 7) is 2.59. The Labute approximate surface area is 153 Å². The van der Waals surface area contributed by atoms with Gasteiger partial charge in [0.25, 0.3) is 0 Å². The Bertz CT molecular complexity index is 882. The van der Waals surface area contributed by atoms with Crippen molar-refractivity contribution in [2.24, 2.45) is 0 Å². The Morgan fingerprint density at radius 3 is 2.27 bits per heavy atom. The van der Waals surface area contributed by atoms with E-state index in [4.69, 9.17) is 9.84 Å². The van der Waals surface area contributed by atoms with E-state index in [0.717, 1.165) is 16.9 Å². The van der Waals surface area contributed by atoms with Gasteiger partial charge in [-0.05, 0) is 53.8 Å². The van der Waals surface area contributed by atoms with Crippen LogP contribution >= 0.6 is 0 Å². The van der Waals surface area contributed by atoms with Crippen LogP contribution in [0.15, 0.2) is 72.8 Å². The molecule has 0 atom stereocenters. The van der Waals surface area contributed by atoms with Crippen molar-refractivity contribution in [3.05, 3.63) is 89.5 Å². The number of carbonyl (C=O) groups is 1. The van der Waals surface area contributed by atoms with Crippen molar-refractivity contribution in [1.82, 2.24) is 0 Å². The number of aryl methyl sites for hydroxylation is 2. The van der Waals surface area contributed by atoms with Gasteiger partial charge in [0.1, 0.15) is 12.4 Å². The molecular formula is C23H22O3. The summed E-state index contributed by atoms with van der Waals surface area (Å²) in [6.07, 6.45) is 0.681. The maximum atomic E-state index is 10.6. The SMILES string of the molecule is Cc1cccc(-c2cccc(COc3ccc(CCC(=O)O)cc3)c2)c1. The predicted molar refractivity (Wildman–Crippen MR) is 103 cm³/mol. The van der Waals surface area contributed by atoms with Crippen LogP contribution in [0.25, 0.3) is 11.1 Å². The summed E-state index contributed by atoms with van der Waals surface area (Å²) >= 11 is 0. The fraction of sp³-hybridized carbons (Fsp3) is 0.174. The van der Waals surface area contributed by atoms with Crippen molar-refractivity contribution in [2.45, 2.75) is 26.4 Å². The highest BCUT2D eigenvalue weighted by Gasteiger charge is 2.03. The van der Waals surface area contributed by atoms with Gasteiger partial charge in [-0.15, -0.1) is 0 Å². The maximum Gasteiger partial charge on any atom is 0.303 e. The smallest absolute Gasteiger partial charge is 0.303 e. The standard InChI is InChI=1S/C23H22O3/c1-17-4-2-6-20(14-17)21-7-3-5-19(15-21)16-26-22-11-8-18(9-12-22)10-13-23(24)25/h2-9,11-12,14-15H,10,13,16H2,1H3,(H,24,25). The summed E-state index contributed by atoms with van der Waals surface area (Å²) in [5.41, 5.74) is 5.74. The summed E-state index contributed by atoms with van der Waals surface area (Å²) in [6, 6.07) is 24.4. The number of ether oxygens (including phenoxy) is 1. The summed E-state index contributed by atoms with van der Waals surface area (Å²) in [5.74, 6) is 0.00357. The van der Waals surface area contributed by atoms with Crippen molar-refractivity contribution >= 4 is 5.97 Å². The van der Waals surface area contributed by atoms with Gasteiger partial charge in [0.2, 0.25) is 0 Å². The molecule has 0 aliphatic rings. The molecule has 3 nitrogen and oxygen atoms in total. The third kappa shape index (κ3) is 4.96. The van der Waals surface area contributed by atoms with Crippen molar-refractivity contribution in [1.29, 1.82) is 0 Å². The van der Waals surface area contributed by atoms with Gasteiger partial charge in [-0.3, -0.25) is 4.79 Å². The number of hydrogen-bond acceptors (Lipinski definition) is 2. The molecule has 3 aromatic rings. The van der Waals surface area contributed by atoms with E-state index in [2.05, 4.69) is 49.4 Å². The van der Waals surface area contributed by atoms with E-state index < -0.39 is 5.97 Å². The number of aliphatic carboxylic acids is 1. The van der Waals surface area contributed by atoms with E-state index in [0.29, 0.717) is 13.0 Å². The molecule has 0 radical (unpaired) electrons. The second-order valence-corrected chi connectivity index (χ2v) is 6.40. The fourth-order valence-electron chi connectivity index (χ4n) is 2.84. The van der Waals surface area contributed by atoms with Crippen LogP contribution < -0.4 is 4.74 Å². The second kappa shape index (κ2) is 8.34. The first-order valence-corrected chi connectivity index (χ1v) is 8.70. The Morgan fingerprint density at radius 1 is 0.885 bits per heavy atom. The molecule has 0 bridgehead atoms. The highest BCUT2D eigenvalue weighted by atomic mass is 16.5. The lowest BCUT2D eigenvalue weighted by Gasteiger charge is -2.09. The predicted octanol–water partition coefficient (Wildman–Crippen LogP) is 5.26. The zero-order valence-corrected chi connectivity index (χ0v) is 14.8. The van der Waals surface area contributed by atoms with E-state index in [1.165, 1.54) is 16.7 Å². The lowest BCUT2D eigenvalue weighted by atomic mass is 10.0. The molecule has 0 unspecified atom stereocenters. The summed E-state index contributed by atoms with van der Waals surface area (Å²) in [4.78, 5) is 10.6. The van der Waals surface area contributed by atoms with Crippen molar-refractivity contribution in [2.75, 3.05) is 0 Å². The van der Waals surface area contributed by atoms with Crippen LogP contribution in [0.1, 0.15) is 23.1 Å². The largest absolute Gasteiger partial charge is 0.489 e. The van der Waals surface area contributed by atoms with Crippen molar-refractivity contribution in [3.8, 4) is 16.9 Å². The first-order chi connectivity index (χ1) is 12.6. The molecule has 0 saturated carbocycles. The quantitative estimate of drug-likeness (QED) is 0.635. The summed E-state index contributed by atoms with van der Waals surface area (Å²) in [7, 11) is 0. The fourth-order valence-corrected chi connectivity index (χ4v) is 2.84. The molecule has 132 valence electrons. The Hall–Kier alpha value is -3.07. The molecule has 0 saturated heterocycles. The third-order valence-corrected chi connectivity index (χ3v) is 4.23. The topological polar surface area (TPSA) is 46.5 Å². The maximum absolute atomic E-state index is 10.6. The Morgan fingerprint density at radius 2 is 1.58 bits per heavy atom. The average molecular weight is 346 g/mol. The lowest BCUT2D eigenvalue weighted by Crippen LogP contribution is -1.98. The van der Waals surface area contributed by atoms with Crippen LogP contribution in [0.4, 0.5) is 0 Å². The summed E-state index contributed by atoms with van der Waals surface area (Å²) < 4.78 is 5.87. The number of carboxylic acids is 1. The zero-order valence-electron chi connectivity index (χ0n) is 14.8. The van der Waals surface area contributed by atoms with Gasteiger partial charge in [-0.1, -0.05) is 60.2 Å². The van der Waals surface area contributed by atoms with E-state index >= 15 is 0 Å². The van der Waals surface area contributed by atoms with Crippen molar-refractivity contribution < 1.29 is 14.6 Å². The highest BCUT2D eigenvalue weighted by Crippen LogP contribution is 2.22. The molecule has 0 aliphatic carbocycles. The normalized spacial score (nSPS) is 10.5. The molecule has 3 heteroatoms. The zero-order chi connectivity index (χ0) is 18.4. The van der Waals surface area contributed by atoms with Gasteiger partial charge >= 0.3 is 5.97 Å². The number of rotatable bonds is 7.